The van der Waals surface area contributed by atoms with E-state index in [-0.39, 0.29) is 11.8 Å². The molecule has 0 bridgehead atoms. The van der Waals surface area contributed by atoms with Crippen LogP contribution >= 0.6 is 0 Å². The first-order valence-electron chi connectivity index (χ1n) is 7.09. The van der Waals surface area contributed by atoms with Crippen LogP contribution in [0.2, 0.25) is 0 Å². The second-order valence-corrected chi connectivity index (χ2v) is 5.63. The maximum absolute atomic E-state index is 12.5. The molecule has 2 aromatic rings. The molecule has 1 amide bonds. The number of fused-ring (bicyclic) bond motifs is 1. The van der Waals surface area contributed by atoms with E-state index in [1.807, 2.05) is 44.2 Å². The predicted octanol–water partition coefficient (Wildman–Crippen LogP) is 3.66. The lowest BCUT2D eigenvalue weighted by Gasteiger charge is -2.14. The van der Waals surface area contributed by atoms with Gasteiger partial charge in [-0.2, -0.15) is 0 Å². The minimum absolute atomic E-state index is 0.0615. The van der Waals surface area contributed by atoms with Crippen molar-refractivity contribution in [3.8, 4) is 0 Å². The van der Waals surface area contributed by atoms with Gasteiger partial charge >= 0.3 is 0 Å². The van der Waals surface area contributed by atoms with Crippen LogP contribution in [0.15, 0.2) is 42.5 Å². The number of nitrogens with one attached hydrogen (secondary N) is 1. The average Bonchev–Trinajstić information content (AvgIpc) is 2.87. The predicted molar refractivity (Wildman–Crippen MR) is 81.9 cm³/mol. The van der Waals surface area contributed by atoms with Crippen molar-refractivity contribution in [2.75, 3.05) is 5.32 Å². The molecule has 0 aliphatic heterocycles. The SMILES string of the molecule is Cc1cccc(C)c1NC(=O)C1Cc2ccccc2C1. The van der Waals surface area contributed by atoms with Crippen molar-refractivity contribution < 1.29 is 4.79 Å². The first-order valence-corrected chi connectivity index (χ1v) is 7.09. The summed E-state index contributed by atoms with van der Waals surface area (Å²) in [5.41, 5.74) is 5.83. The molecular formula is C18H19NO. The minimum Gasteiger partial charge on any atom is -0.325 e. The summed E-state index contributed by atoms with van der Waals surface area (Å²) >= 11 is 0. The van der Waals surface area contributed by atoms with Crippen molar-refractivity contribution in [3.63, 3.8) is 0 Å². The number of carbonyl (C=O) groups excluding carboxylic acids is 1. The molecule has 1 aliphatic carbocycles. The van der Waals surface area contributed by atoms with E-state index in [2.05, 4.69) is 17.4 Å². The Hall–Kier alpha value is -2.09. The smallest absolute Gasteiger partial charge is 0.228 e. The van der Waals surface area contributed by atoms with Crippen molar-refractivity contribution in [2.45, 2.75) is 26.7 Å². The Morgan fingerprint density at radius 1 is 0.950 bits per heavy atom. The van der Waals surface area contributed by atoms with Crippen molar-refractivity contribution >= 4 is 11.6 Å². The third-order valence-corrected chi connectivity index (χ3v) is 4.15. The number of hydrogen-bond acceptors (Lipinski definition) is 1. The Bertz CT molecular complexity index is 615. The Morgan fingerprint density at radius 3 is 2.05 bits per heavy atom. The Balaban J connectivity index is 1.76. The fraction of sp³-hybridized carbons (Fsp3) is 0.278. The molecule has 2 heteroatoms. The fourth-order valence-electron chi connectivity index (χ4n) is 2.98. The third kappa shape index (κ3) is 2.34. The summed E-state index contributed by atoms with van der Waals surface area (Å²) in [6.07, 6.45) is 1.71. The summed E-state index contributed by atoms with van der Waals surface area (Å²) in [5, 5.41) is 3.12. The van der Waals surface area contributed by atoms with Gasteiger partial charge in [0.15, 0.2) is 0 Å². The quantitative estimate of drug-likeness (QED) is 0.882. The molecule has 20 heavy (non-hydrogen) atoms. The van der Waals surface area contributed by atoms with Crippen LogP contribution in [0.3, 0.4) is 0 Å². The summed E-state index contributed by atoms with van der Waals surface area (Å²) < 4.78 is 0. The number of rotatable bonds is 2. The molecule has 0 atom stereocenters. The van der Waals surface area contributed by atoms with Crippen molar-refractivity contribution in [3.05, 3.63) is 64.7 Å². The van der Waals surface area contributed by atoms with Gasteiger partial charge in [-0.15, -0.1) is 0 Å². The lowest BCUT2D eigenvalue weighted by Crippen LogP contribution is -2.24. The van der Waals surface area contributed by atoms with E-state index in [9.17, 15) is 4.79 Å². The van der Waals surface area contributed by atoms with Crippen LogP contribution in [-0.4, -0.2) is 5.91 Å². The fourth-order valence-corrected chi connectivity index (χ4v) is 2.98. The Morgan fingerprint density at radius 2 is 1.50 bits per heavy atom. The molecule has 0 spiro atoms. The van der Waals surface area contributed by atoms with Crippen LogP contribution in [0.1, 0.15) is 22.3 Å². The summed E-state index contributed by atoms with van der Waals surface area (Å²) in [4.78, 5) is 12.5. The number of carbonyl (C=O) groups is 1. The molecule has 3 rings (SSSR count). The molecule has 0 saturated heterocycles. The number of anilines is 1. The average molecular weight is 265 g/mol. The van der Waals surface area contributed by atoms with Gasteiger partial charge in [-0.05, 0) is 48.9 Å². The van der Waals surface area contributed by atoms with E-state index < -0.39 is 0 Å². The standard InChI is InChI=1S/C18H19NO/c1-12-6-5-7-13(2)17(12)19-18(20)16-10-14-8-3-4-9-15(14)11-16/h3-9,16H,10-11H2,1-2H3,(H,19,20). The van der Waals surface area contributed by atoms with Gasteiger partial charge in [-0.25, -0.2) is 0 Å². The largest absolute Gasteiger partial charge is 0.325 e. The molecular weight excluding hydrogens is 246 g/mol. The number of amides is 1. The van der Waals surface area contributed by atoms with E-state index in [0.717, 1.165) is 29.7 Å². The topological polar surface area (TPSA) is 29.1 Å². The van der Waals surface area contributed by atoms with E-state index in [1.165, 1.54) is 11.1 Å². The zero-order chi connectivity index (χ0) is 14.1. The van der Waals surface area contributed by atoms with Gasteiger partial charge in [0, 0.05) is 11.6 Å². The van der Waals surface area contributed by atoms with Crippen LogP contribution in [0.5, 0.6) is 0 Å². The number of benzene rings is 2. The molecule has 0 unspecified atom stereocenters. The first-order chi connectivity index (χ1) is 9.65. The molecule has 1 aliphatic rings. The monoisotopic (exact) mass is 265 g/mol. The third-order valence-electron chi connectivity index (χ3n) is 4.15. The number of para-hydroxylation sites is 1. The molecule has 2 aromatic carbocycles. The van der Waals surface area contributed by atoms with Gasteiger partial charge in [-0.3, -0.25) is 4.79 Å². The molecule has 0 saturated carbocycles. The lowest BCUT2D eigenvalue weighted by atomic mass is 10.0. The van der Waals surface area contributed by atoms with Crippen LogP contribution in [0, 0.1) is 19.8 Å². The highest BCUT2D eigenvalue weighted by Crippen LogP contribution is 2.28. The molecule has 102 valence electrons. The molecule has 0 fully saturated rings. The molecule has 0 aromatic heterocycles. The van der Waals surface area contributed by atoms with Crippen LogP contribution in [0.4, 0.5) is 5.69 Å². The highest BCUT2D eigenvalue weighted by molar-refractivity contribution is 5.94. The number of hydrogen-bond donors (Lipinski definition) is 1. The van der Waals surface area contributed by atoms with Gasteiger partial charge in [0.1, 0.15) is 0 Å². The molecule has 0 heterocycles. The molecule has 1 N–H and O–H groups in total. The molecule has 2 nitrogen and oxygen atoms in total. The van der Waals surface area contributed by atoms with Crippen molar-refractivity contribution in [1.29, 1.82) is 0 Å². The second kappa shape index (κ2) is 5.12. The maximum Gasteiger partial charge on any atom is 0.228 e. The maximum atomic E-state index is 12.5. The summed E-state index contributed by atoms with van der Waals surface area (Å²) in [6, 6.07) is 14.4. The Kier molecular flexibility index (Phi) is 3.31. The van der Waals surface area contributed by atoms with Crippen LogP contribution < -0.4 is 5.32 Å². The first kappa shape index (κ1) is 12.9. The Labute approximate surface area is 119 Å². The highest BCUT2D eigenvalue weighted by atomic mass is 16.1. The highest BCUT2D eigenvalue weighted by Gasteiger charge is 2.27. The van der Waals surface area contributed by atoms with Crippen molar-refractivity contribution in [2.24, 2.45) is 5.92 Å². The zero-order valence-corrected chi connectivity index (χ0v) is 11.9. The summed E-state index contributed by atoms with van der Waals surface area (Å²) in [5.74, 6) is 0.199. The van der Waals surface area contributed by atoms with Crippen molar-refractivity contribution in [1.82, 2.24) is 0 Å². The van der Waals surface area contributed by atoms with Gasteiger partial charge in [0.05, 0.1) is 0 Å². The van der Waals surface area contributed by atoms with E-state index in [4.69, 9.17) is 0 Å². The number of aryl methyl sites for hydroxylation is 2. The lowest BCUT2D eigenvalue weighted by molar-refractivity contribution is -0.119. The summed E-state index contributed by atoms with van der Waals surface area (Å²) in [6.45, 7) is 4.07. The normalized spacial score (nSPS) is 14.1. The van der Waals surface area contributed by atoms with Gasteiger partial charge in [-0.1, -0.05) is 42.5 Å². The van der Waals surface area contributed by atoms with Crippen LogP contribution in [-0.2, 0) is 17.6 Å². The van der Waals surface area contributed by atoms with Crippen LogP contribution in [0.25, 0.3) is 0 Å². The molecule has 0 radical (unpaired) electrons. The van der Waals surface area contributed by atoms with E-state index >= 15 is 0 Å². The van der Waals surface area contributed by atoms with Gasteiger partial charge < -0.3 is 5.32 Å². The minimum atomic E-state index is 0.0615. The van der Waals surface area contributed by atoms with E-state index in [1.54, 1.807) is 0 Å². The second-order valence-electron chi connectivity index (χ2n) is 5.63. The van der Waals surface area contributed by atoms with Gasteiger partial charge in [0.25, 0.3) is 0 Å². The van der Waals surface area contributed by atoms with E-state index in [0.29, 0.717) is 0 Å². The summed E-state index contributed by atoms with van der Waals surface area (Å²) in [7, 11) is 0. The van der Waals surface area contributed by atoms with Gasteiger partial charge in [0.2, 0.25) is 5.91 Å². The zero-order valence-electron chi connectivity index (χ0n) is 11.9.